The van der Waals surface area contributed by atoms with Crippen LogP contribution in [-0.2, 0) is 4.79 Å². The van der Waals surface area contributed by atoms with Crippen molar-refractivity contribution in [1.29, 1.82) is 0 Å². The molecule has 26 heavy (non-hydrogen) atoms. The SMILES string of the molecule is Cc1cccc(N2CCN(C(=O)c3ccc([N+](=O)[O-])cc3)[C@@H](C)C2=O)c1. The highest BCUT2D eigenvalue weighted by Crippen LogP contribution is 2.23. The predicted molar refractivity (Wildman–Crippen MR) is 97.1 cm³/mol. The molecule has 0 radical (unpaired) electrons. The van der Waals surface area contributed by atoms with E-state index in [0.29, 0.717) is 18.7 Å². The number of nitro benzene ring substituents is 1. The first kappa shape index (κ1) is 17.6. The lowest BCUT2D eigenvalue weighted by Gasteiger charge is -2.39. The number of nitro groups is 1. The van der Waals surface area contributed by atoms with Crippen molar-refractivity contribution >= 4 is 23.2 Å². The molecule has 2 aromatic rings. The highest BCUT2D eigenvalue weighted by atomic mass is 16.6. The summed E-state index contributed by atoms with van der Waals surface area (Å²) in [6, 6.07) is 12.5. The fourth-order valence-corrected chi connectivity index (χ4v) is 3.09. The quantitative estimate of drug-likeness (QED) is 0.627. The lowest BCUT2D eigenvalue weighted by atomic mass is 10.1. The Morgan fingerprint density at radius 2 is 1.85 bits per heavy atom. The molecule has 1 fully saturated rings. The molecule has 134 valence electrons. The van der Waals surface area contributed by atoms with Gasteiger partial charge in [0, 0.05) is 36.5 Å². The van der Waals surface area contributed by atoms with E-state index in [1.54, 1.807) is 11.8 Å². The van der Waals surface area contributed by atoms with E-state index in [1.165, 1.54) is 29.2 Å². The van der Waals surface area contributed by atoms with Crippen molar-refractivity contribution in [2.75, 3.05) is 18.0 Å². The molecule has 7 heteroatoms. The number of aryl methyl sites for hydroxylation is 1. The first-order valence-corrected chi connectivity index (χ1v) is 8.32. The summed E-state index contributed by atoms with van der Waals surface area (Å²) in [6.07, 6.45) is 0. The van der Waals surface area contributed by atoms with Crippen LogP contribution in [0, 0.1) is 17.0 Å². The van der Waals surface area contributed by atoms with Crippen LogP contribution in [0.15, 0.2) is 48.5 Å². The Kier molecular flexibility index (Phi) is 4.71. The summed E-state index contributed by atoms with van der Waals surface area (Å²) in [5.74, 6) is -0.443. The van der Waals surface area contributed by atoms with Gasteiger partial charge in [0.25, 0.3) is 11.6 Å². The van der Waals surface area contributed by atoms with Gasteiger partial charge >= 0.3 is 0 Å². The number of carbonyl (C=O) groups is 2. The number of non-ortho nitro benzene ring substituents is 1. The number of rotatable bonds is 3. The summed E-state index contributed by atoms with van der Waals surface area (Å²) in [7, 11) is 0. The monoisotopic (exact) mass is 353 g/mol. The van der Waals surface area contributed by atoms with E-state index in [1.807, 2.05) is 31.2 Å². The minimum Gasteiger partial charge on any atom is -0.325 e. The van der Waals surface area contributed by atoms with Crippen molar-refractivity contribution in [1.82, 2.24) is 4.90 Å². The molecule has 2 aromatic carbocycles. The Balaban J connectivity index is 1.78. The highest BCUT2D eigenvalue weighted by molar-refractivity contribution is 6.03. The van der Waals surface area contributed by atoms with E-state index < -0.39 is 11.0 Å². The molecule has 1 saturated heterocycles. The van der Waals surface area contributed by atoms with Gasteiger partial charge in [0.05, 0.1) is 4.92 Å². The van der Waals surface area contributed by atoms with E-state index in [0.717, 1.165) is 11.3 Å². The Hall–Kier alpha value is -3.22. The van der Waals surface area contributed by atoms with Gasteiger partial charge in [-0.25, -0.2) is 0 Å². The summed E-state index contributed by atoms with van der Waals surface area (Å²) in [5, 5.41) is 10.7. The molecule has 7 nitrogen and oxygen atoms in total. The molecule has 0 spiro atoms. The molecule has 3 rings (SSSR count). The van der Waals surface area contributed by atoms with Crippen molar-refractivity contribution < 1.29 is 14.5 Å². The maximum atomic E-state index is 12.8. The molecule has 2 amide bonds. The second-order valence-electron chi connectivity index (χ2n) is 6.31. The first-order valence-electron chi connectivity index (χ1n) is 8.32. The number of anilines is 1. The zero-order valence-electron chi connectivity index (χ0n) is 14.6. The third-order valence-electron chi connectivity index (χ3n) is 4.55. The highest BCUT2D eigenvalue weighted by Gasteiger charge is 2.35. The Labute approximate surface area is 151 Å². The lowest BCUT2D eigenvalue weighted by molar-refractivity contribution is -0.384. The molecular weight excluding hydrogens is 334 g/mol. The van der Waals surface area contributed by atoms with Crippen molar-refractivity contribution in [3.63, 3.8) is 0 Å². The zero-order valence-corrected chi connectivity index (χ0v) is 14.6. The third-order valence-corrected chi connectivity index (χ3v) is 4.55. The second-order valence-corrected chi connectivity index (χ2v) is 6.31. The lowest BCUT2D eigenvalue weighted by Crippen LogP contribution is -2.57. The molecule has 1 aliphatic rings. The van der Waals surface area contributed by atoms with Crippen LogP contribution in [0.4, 0.5) is 11.4 Å². The molecular formula is C19H19N3O4. The Morgan fingerprint density at radius 3 is 2.46 bits per heavy atom. The molecule has 0 N–H and O–H groups in total. The summed E-state index contributed by atoms with van der Waals surface area (Å²) in [6.45, 7) is 4.47. The van der Waals surface area contributed by atoms with Crippen LogP contribution >= 0.6 is 0 Å². The van der Waals surface area contributed by atoms with E-state index in [9.17, 15) is 19.7 Å². The van der Waals surface area contributed by atoms with E-state index in [-0.39, 0.29) is 17.5 Å². The van der Waals surface area contributed by atoms with Crippen molar-refractivity contribution in [2.24, 2.45) is 0 Å². The van der Waals surface area contributed by atoms with Gasteiger partial charge in [0.1, 0.15) is 6.04 Å². The normalized spacial score (nSPS) is 17.3. The van der Waals surface area contributed by atoms with Crippen molar-refractivity contribution in [2.45, 2.75) is 19.9 Å². The summed E-state index contributed by atoms with van der Waals surface area (Å²) in [5.41, 5.74) is 2.14. The number of hydrogen-bond acceptors (Lipinski definition) is 4. The van der Waals surface area contributed by atoms with Gasteiger partial charge in [-0.3, -0.25) is 19.7 Å². The van der Waals surface area contributed by atoms with Crippen molar-refractivity contribution in [3.8, 4) is 0 Å². The maximum Gasteiger partial charge on any atom is 0.269 e. The largest absolute Gasteiger partial charge is 0.325 e. The minimum atomic E-state index is -0.605. The van der Waals surface area contributed by atoms with Crippen LogP contribution in [0.25, 0.3) is 0 Å². The predicted octanol–water partition coefficient (Wildman–Crippen LogP) is 2.78. The molecule has 0 aliphatic carbocycles. The average molecular weight is 353 g/mol. The first-order chi connectivity index (χ1) is 12.4. The molecule has 0 bridgehead atoms. The topological polar surface area (TPSA) is 83.8 Å². The van der Waals surface area contributed by atoms with Crippen LogP contribution in [0.3, 0.4) is 0 Å². The number of nitrogens with zero attached hydrogens (tertiary/aromatic N) is 3. The summed E-state index contributed by atoms with van der Waals surface area (Å²) in [4.78, 5) is 38.9. The van der Waals surface area contributed by atoms with Gasteiger partial charge < -0.3 is 9.80 Å². The smallest absolute Gasteiger partial charge is 0.269 e. The van der Waals surface area contributed by atoms with Gasteiger partial charge in [-0.15, -0.1) is 0 Å². The van der Waals surface area contributed by atoms with Crippen LogP contribution in [0.2, 0.25) is 0 Å². The van der Waals surface area contributed by atoms with Gasteiger partial charge in [-0.1, -0.05) is 12.1 Å². The van der Waals surface area contributed by atoms with E-state index in [4.69, 9.17) is 0 Å². The molecule has 0 saturated carbocycles. The molecule has 1 atom stereocenters. The van der Waals surface area contributed by atoms with Gasteiger partial charge in [-0.05, 0) is 43.7 Å². The van der Waals surface area contributed by atoms with Gasteiger partial charge in [0.15, 0.2) is 0 Å². The Morgan fingerprint density at radius 1 is 1.15 bits per heavy atom. The van der Waals surface area contributed by atoms with Crippen molar-refractivity contribution in [3.05, 3.63) is 69.8 Å². The minimum absolute atomic E-state index is 0.0741. The zero-order chi connectivity index (χ0) is 18.8. The standard InChI is InChI=1S/C19H19N3O4/c1-13-4-3-5-17(12-13)21-11-10-20(14(2)18(21)23)19(24)15-6-8-16(9-7-15)22(25)26/h3-9,12,14H,10-11H2,1-2H3/t14-/m0/s1. The fraction of sp³-hybridized carbons (Fsp3) is 0.263. The van der Waals surface area contributed by atoms with Crippen LogP contribution in [0.5, 0.6) is 0 Å². The number of hydrogen-bond donors (Lipinski definition) is 0. The van der Waals surface area contributed by atoms with Gasteiger partial charge in [0.2, 0.25) is 5.91 Å². The summed E-state index contributed by atoms with van der Waals surface area (Å²) < 4.78 is 0. The number of piperazine rings is 1. The third kappa shape index (κ3) is 3.28. The van der Waals surface area contributed by atoms with Crippen LogP contribution < -0.4 is 4.90 Å². The summed E-state index contributed by atoms with van der Waals surface area (Å²) >= 11 is 0. The fourth-order valence-electron chi connectivity index (χ4n) is 3.09. The maximum absolute atomic E-state index is 12.8. The van der Waals surface area contributed by atoms with E-state index >= 15 is 0 Å². The number of amides is 2. The Bertz CT molecular complexity index is 863. The molecule has 1 aliphatic heterocycles. The second kappa shape index (κ2) is 6.95. The number of carbonyl (C=O) groups excluding carboxylic acids is 2. The van der Waals surface area contributed by atoms with Crippen LogP contribution in [0.1, 0.15) is 22.8 Å². The molecule has 0 aromatic heterocycles. The van der Waals surface area contributed by atoms with Gasteiger partial charge in [-0.2, -0.15) is 0 Å². The van der Waals surface area contributed by atoms with E-state index in [2.05, 4.69) is 0 Å². The molecule has 0 unspecified atom stereocenters. The number of benzene rings is 2. The average Bonchev–Trinajstić information content (AvgIpc) is 2.63. The molecule has 1 heterocycles. The van der Waals surface area contributed by atoms with Crippen LogP contribution in [-0.4, -0.2) is 40.8 Å².